The first-order chi connectivity index (χ1) is 17.2. The van der Waals surface area contributed by atoms with Crippen molar-refractivity contribution < 1.29 is 60.7 Å². The number of carboxylic acid groups (broad SMARTS) is 4. The number of hydrogen-bond donors (Lipinski definition) is 0. The van der Waals surface area contributed by atoms with Crippen molar-refractivity contribution in [2.45, 2.75) is 0 Å². The van der Waals surface area contributed by atoms with Gasteiger partial charge in [0.2, 0.25) is 0 Å². The Labute approximate surface area is 227 Å². The van der Waals surface area contributed by atoms with Gasteiger partial charge in [-0.15, -0.1) is 0 Å². The van der Waals surface area contributed by atoms with Gasteiger partial charge < -0.3 is 39.6 Å². The van der Waals surface area contributed by atoms with E-state index in [9.17, 15) is 39.6 Å². The largest absolute Gasteiger partial charge is 4.00 e. The normalized spacial score (nSPS) is 8.65. The van der Waals surface area contributed by atoms with Crippen molar-refractivity contribution in [2.75, 3.05) is 0 Å². The van der Waals surface area contributed by atoms with E-state index in [-0.39, 0.29) is 43.3 Å². The van der Waals surface area contributed by atoms with Crippen molar-refractivity contribution in [2.24, 2.45) is 0 Å². The zero-order valence-electron chi connectivity index (χ0n) is 19.2. The van der Waals surface area contributed by atoms with Crippen molar-refractivity contribution in [3.05, 3.63) is 144 Å². The van der Waals surface area contributed by atoms with Gasteiger partial charge in [0.05, 0.1) is 23.9 Å². The van der Waals surface area contributed by atoms with Gasteiger partial charge in [0, 0.05) is 0 Å². The number of benzene rings is 4. The van der Waals surface area contributed by atoms with E-state index in [2.05, 4.69) is 0 Å². The molecule has 0 unspecified atom stereocenters. The third kappa shape index (κ3) is 14.4. The Kier molecular flexibility index (Phi) is 16.4. The summed E-state index contributed by atoms with van der Waals surface area (Å²) in [4.78, 5) is 40.4. The molecule has 8 nitrogen and oxygen atoms in total. The maximum atomic E-state index is 10.1. The van der Waals surface area contributed by atoms with Crippen LogP contribution in [0.15, 0.2) is 121 Å². The van der Waals surface area contributed by atoms with Crippen LogP contribution >= 0.6 is 0 Å². The summed E-state index contributed by atoms with van der Waals surface area (Å²) < 4.78 is 0. The number of aromatic carboxylic acids is 4. The Morgan fingerprint density at radius 1 is 0.324 bits per heavy atom. The number of hydrogen-bond acceptors (Lipinski definition) is 8. The third-order valence-corrected chi connectivity index (χ3v) is 4.04. The van der Waals surface area contributed by atoms with E-state index in [0.29, 0.717) is 0 Å². The van der Waals surface area contributed by atoms with Crippen LogP contribution in [0.1, 0.15) is 41.4 Å². The summed E-state index contributed by atoms with van der Waals surface area (Å²) in [6.45, 7) is 0. The van der Waals surface area contributed by atoms with Crippen LogP contribution in [0.25, 0.3) is 0 Å². The van der Waals surface area contributed by atoms with Gasteiger partial charge in [-0.2, -0.15) is 0 Å². The summed E-state index contributed by atoms with van der Waals surface area (Å²) in [5.41, 5.74) is 0.880. The standard InChI is InChI=1S/4C7H6O2.Mo/c4*8-7(9)6-4-2-1-3-5-6;/h4*1-5H,(H,8,9);/q;;;;+4/p-4. The van der Waals surface area contributed by atoms with Gasteiger partial charge in [-0.1, -0.05) is 121 Å². The molecule has 4 rings (SSSR count). The smallest absolute Gasteiger partial charge is 0.545 e. The average Bonchev–Trinajstić information content (AvgIpc) is 2.92. The van der Waals surface area contributed by atoms with Crippen LogP contribution in [0.3, 0.4) is 0 Å². The van der Waals surface area contributed by atoms with Crippen molar-refractivity contribution in [1.82, 2.24) is 0 Å². The summed E-state index contributed by atoms with van der Waals surface area (Å²) in [6.07, 6.45) is 0. The molecule has 0 heterocycles. The van der Waals surface area contributed by atoms with Gasteiger partial charge in [-0.05, 0) is 22.3 Å². The fourth-order valence-corrected chi connectivity index (χ4v) is 2.30. The van der Waals surface area contributed by atoms with Crippen LogP contribution in [-0.4, -0.2) is 23.9 Å². The predicted octanol–water partition coefficient (Wildman–Crippen LogP) is 0.198. The second-order valence-electron chi connectivity index (χ2n) is 6.61. The van der Waals surface area contributed by atoms with Crippen LogP contribution in [0.2, 0.25) is 0 Å². The molecule has 186 valence electrons. The summed E-state index contributed by atoms with van der Waals surface area (Å²) in [6, 6.07) is 32.3. The fourth-order valence-electron chi connectivity index (χ4n) is 2.30. The topological polar surface area (TPSA) is 161 Å². The summed E-state index contributed by atoms with van der Waals surface area (Å²) >= 11 is 0. The van der Waals surface area contributed by atoms with Gasteiger partial charge in [0.25, 0.3) is 0 Å². The van der Waals surface area contributed by atoms with Crippen molar-refractivity contribution in [3.8, 4) is 0 Å². The minimum absolute atomic E-state index is 0. The minimum Gasteiger partial charge on any atom is -0.545 e. The molecule has 0 aliphatic heterocycles. The fraction of sp³-hybridized carbons (Fsp3) is 0. The number of carbonyl (C=O) groups excluding carboxylic acids is 4. The molecule has 0 bridgehead atoms. The van der Waals surface area contributed by atoms with Gasteiger partial charge >= 0.3 is 21.1 Å². The summed E-state index contributed by atoms with van der Waals surface area (Å²) in [7, 11) is 0. The molecule has 9 heteroatoms. The Bertz CT molecular complexity index is 1020. The Morgan fingerprint density at radius 3 is 0.541 bits per heavy atom. The van der Waals surface area contributed by atoms with Gasteiger partial charge in [0.15, 0.2) is 0 Å². The second-order valence-corrected chi connectivity index (χ2v) is 6.61. The minimum atomic E-state index is -1.13. The Morgan fingerprint density at radius 2 is 0.459 bits per heavy atom. The third-order valence-electron chi connectivity index (χ3n) is 4.04. The molecule has 0 aliphatic carbocycles. The first kappa shape index (κ1) is 32.4. The first-order valence-electron chi connectivity index (χ1n) is 10.3. The van der Waals surface area contributed by atoms with Gasteiger partial charge in [0.1, 0.15) is 0 Å². The Balaban J connectivity index is 0.000000463. The monoisotopic (exact) mass is 582 g/mol. The molecule has 0 fully saturated rings. The van der Waals surface area contributed by atoms with E-state index in [1.165, 1.54) is 48.5 Å². The van der Waals surface area contributed by atoms with Crippen molar-refractivity contribution in [1.29, 1.82) is 0 Å². The molecule has 4 aromatic carbocycles. The van der Waals surface area contributed by atoms with E-state index in [1.54, 1.807) is 72.8 Å². The van der Waals surface area contributed by atoms with Crippen LogP contribution in [-0.2, 0) is 21.1 Å². The molecule has 0 spiro atoms. The van der Waals surface area contributed by atoms with Crippen LogP contribution in [0.5, 0.6) is 0 Å². The van der Waals surface area contributed by atoms with E-state index in [4.69, 9.17) is 0 Å². The molecule has 37 heavy (non-hydrogen) atoms. The number of rotatable bonds is 4. The second kappa shape index (κ2) is 18.7. The molecular weight excluding hydrogens is 560 g/mol. The maximum absolute atomic E-state index is 10.1. The van der Waals surface area contributed by atoms with Crippen molar-refractivity contribution in [3.63, 3.8) is 0 Å². The quantitative estimate of drug-likeness (QED) is 0.310. The molecule has 0 radical (unpaired) electrons. The molecule has 0 aromatic heterocycles. The summed E-state index contributed by atoms with van der Waals surface area (Å²) in [5.74, 6) is -4.52. The summed E-state index contributed by atoms with van der Waals surface area (Å²) in [5, 5.41) is 40.4. The van der Waals surface area contributed by atoms with E-state index in [1.807, 2.05) is 0 Å². The molecule has 0 saturated carbocycles. The van der Waals surface area contributed by atoms with E-state index < -0.39 is 23.9 Å². The molecule has 0 aliphatic rings. The maximum Gasteiger partial charge on any atom is 4.00 e. The zero-order chi connectivity index (χ0) is 26.8. The molecule has 4 aromatic rings. The van der Waals surface area contributed by atoms with E-state index >= 15 is 0 Å². The first-order valence-corrected chi connectivity index (χ1v) is 10.3. The van der Waals surface area contributed by atoms with Gasteiger partial charge in [-0.25, -0.2) is 0 Å². The van der Waals surface area contributed by atoms with Crippen LogP contribution in [0.4, 0.5) is 0 Å². The van der Waals surface area contributed by atoms with Crippen molar-refractivity contribution >= 4 is 23.9 Å². The van der Waals surface area contributed by atoms with Gasteiger partial charge in [-0.3, -0.25) is 0 Å². The van der Waals surface area contributed by atoms with Crippen LogP contribution in [0, 0.1) is 0 Å². The SMILES string of the molecule is O=C([O-])c1ccccc1.O=C([O-])c1ccccc1.O=C([O-])c1ccccc1.O=C([O-])c1ccccc1.[Mo+4]. The van der Waals surface area contributed by atoms with E-state index in [0.717, 1.165) is 0 Å². The molecule has 0 N–H and O–H groups in total. The average molecular weight is 580 g/mol. The number of carbonyl (C=O) groups is 4. The number of carboxylic acids is 4. The zero-order valence-corrected chi connectivity index (χ0v) is 21.2. The molecule has 0 saturated heterocycles. The molecule has 0 amide bonds. The predicted molar refractivity (Wildman–Crippen MR) is 123 cm³/mol. The molecule has 0 atom stereocenters. The van der Waals surface area contributed by atoms with Crippen LogP contribution < -0.4 is 20.4 Å². The Hall–Kier alpha value is -4.55. The molecular formula is C28H20MoO8.